The van der Waals surface area contributed by atoms with Crippen LogP contribution >= 0.6 is 0 Å². The molecule has 0 saturated heterocycles. The molecule has 4 heteroatoms. The van der Waals surface area contributed by atoms with Gasteiger partial charge in [0.25, 0.3) is 11.5 Å². The van der Waals surface area contributed by atoms with Crippen LogP contribution in [0.1, 0.15) is 41.3 Å². The third-order valence-corrected chi connectivity index (χ3v) is 3.16. The van der Waals surface area contributed by atoms with Gasteiger partial charge in [-0.3, -0.25) is 9.59 Å². The fraction of sp³-hybridized carbons (Fsp3) is 0.250. The maximum Gasteiger partial charge on any atom is 0.260 e. The molecule has 1 amide bonds. The molecule has 0 unspecified atom stereocenters. The molecular weight excluding hydrogens is 252 g/mol. The number of carbonyl (C=O) groups is 1. The predicted octanol–water partition coefficient (Wildman–Crippen LogP) is 2.43. The molecule has 1 aromatic carbocycles. The Morgan fingerprint density at radius 1 is 1.20 bits per heavy atom. The highest BCUT2D eigenvalue weighted by atomic mass is 16.2. The number of rotatable bonds is 4. The van der Waals surface area contributed by atoms with Crippen LogP contribution in [0.2, 0.25) is 0 Å². The molecule has 2 rings (SSSR count). The highest BCUT2D eigenvalue weighted by molar-refractivity contribution is 5.93. The van der Waals surface area contributed by atoms with Gasteiger partial charge in [0.1, 0.15) is 5.56 Å². The SMILES string of the molecule is CC(C)c1ccc(CNC(=O)c2ccc[nH]c2=O)cc1. The Balaban J connectivity index is 2.00. The maximum atomic E-state index is 11.9. The van der Waals surface area contributed by atoms with Crippen molar-refractivity contribution >= 4 is 5.91 Å². The Bertz CT molecular complexity index is 642. The third-order valence-electron chi connectivity index (χ3n) is 3.16. The highest BCUT2D eigenvalue weighted by Crippen LogP contribution is 2.14. The van der Waals surface area contributed by atoms with Crippen molar-refractivity contribution in [1.29, 1.82) is 0 Å². The molecule has 0 saturated carbocycles. The van der Waals surface area contributed by atoms with E-state index in [0.29, 0.717) is 12.5 Å². The van der Waals surface area contributed by atoms with Gasteiger partial charge in [-0.15, -0.1) is 0 Å². The molecule has 0 aliphatic carbocycles. The topological polar surface area (TPSA) is 62.0 Å². The highest BCUT2D eigenvalue weighted by Gasteiger charge is 2.08. The lowest BCUT2D eigenvalue weighted by Crippen LogP contribution is -2.28. The molecule has 0 bridgehead atoms. The molecule has 0 spiro atoms. The van der Waals surface area contributed by atoms with Gasteiger partial charge in [0.05, 0.1) is 0 Å². The van der Waals surface area contributed by atoms with Crippen molar-refractivity contribution in [2.45, 2.75) is 26.3 Å². The lowest BCUT2D eigenvalue weighted by Gasteiger charge is -2.08. The summed E-state index contributed by atoms with van der Waals surface area (Å²) >= 11 is 0. The first-order valence-corrected chi connectivity index (χ1v) is 6.62. The van der Waals surface area contributed by atoms with E-state index in [1.807, 2.05) is 12.1 Å². The molecule has 104 valence electrons. The molecule has 0 atom stereocenters. The number of hydrogen-bond donors (Lipinski definition) is 2. The van der Waals surface area contributed by atoms with Crippen molar-refractivity contribution in [3.05, 3.63) is 69.6 Å². The molecular formula is C16H18N2O2. The molecule has 1 heterocycles. The minimum atomic E-state index is -0.375. The first-order chi connectivity index (χ1) is 9.58. The number of carbonyl (C=O) groups excluding carboxylic acids is 1. The van der Waals surface area contributed by atoms with Crippen LogP contribution in [-0.4, -0.2) is 10.9 Å². The number of aromatic amines is 1. The summed E-state index contributed by atoms with van der Waals surface area (Å²) in [6.45, 7) is 4.68. The number of aromatic nitrogens is 1. The van der Waals surface area contributed by atoms with Crippen LogP contribution in [-0.2, 0) is 6.54 Å². The Hall–Kier alpha value is -2.36. The van der Waals surface area contributed by atoms with Gasteiger partial charge >= 0.3 is 0 Å². The Morgan fingerprint density at radius 2 is 1.90 bits per heavy atom. The second-order valence-corrected chi connectivity index (χ2v) is 4.99. The van der Waals surface area contributed by atoms with Crippen molar-refractivity contribution in [3.8, 4) is 0 Å². The van der Waals surface area contributed by atoms with Crippen LogP contribution in [0.25, 0.3) is 0 Å². The molecule has 0 aliphatic rings. The zero-order chi connectivity index (χ0) is 14.5. The lowest BCUT2D eigenvalue weighted by atomic mass is 10.0. The van der Waals surface area contributed by atoms with E-state index in [1.54, 1.807) is 6.07 Å². The van der Waals surface area contributed by atoms with Crippen LogP contribution in [0.15, 0.2) is 47.4 Å². The largest absolute Gasteiger partial charge is 0.348 e. The molecule has 2 aromatic rings. The van der Waals surface area contributed by atoms with Crippen LogP contribution in [0.4, 0.5) is 0 Å². The van der Waals surface area contributed by atoms with E-state index in [4.69, 9.17) is 0 Å². The fourth-order valence-electron chi connectivity index (χ4n) is 1.90. The maximum absolute atomic E-state index is 11.9. The summed E-state index contributed by atoms with van der Waals surface area (Å²) < 4.78 is 0. The van der Waals surface area contributed by atoms with Crippen LogP contribution in [0.3, 0.4) is 0 Å². The van der Waals surface area contributed by atoms with Crippen molar-refractivity contribution in [3.63, 3.8) is 0 Å². The normalized spacial score (nSPS) is 10.6. The summed E-state index contributed by atoms with van der Waals surface area (Å²) in [4.78, 5) is 25.8. The summed E-state index contributed by atoms with van der Waals surface area (Å²) in [5.41, 5.74) is 2.03. The summed E-state index contributed by atoms with van der Waals surface area (Å²) in [5, 5.41) is 2.75. The van der Waals surface area contributed by atoms with Crippen molar-refractivity contribution in [2.75, 3.05) is 0 Å². The molecule has 2 N–H and O–H groups in total. The number of pyridine rings is 1. The Kier molecular flexibility index (Phi) is 4.35. The number of benzene rings is 1. The molecule has 1 aromatic heterocycles. The Labute approximate surface area is 117 Å². The second kappa shape index (κ2) is 6.19. The summed E-state index contributed by atoms with van der Waals surface area (Å²) in [6.07, 6.45) is 1.50. The van der Waals surface area contributed by atoms with Gasteiger partial charge in [0.15, 0.2) is 0 Å². The monoisotopic (exact) mass is 270 g/mol. The van der Waals surface area contributed by atoms with Gasteiger partial charge in [0.2, 0.25) is 0 Å². The third kappa shape index (κ3) is 3.35. The zero-order valence-electron chi connectivity index (χ0n) is 11.6. The average Bonchev–Trinajstić information content (AvgIpc) is 2.45. The van der Waals surface area contributed by atoms with Crippen LogP contribution in [0.5, 0.6) is 0 Å². The van der Waals surface area contributed by atoms with Gasteiger partial charge in [-0.1, -0.05) is 38.1 Å². The number of hydrogen-bond acceptors (Lipinski definition) is 2. The summed E-state index contributed by atoms with van der Waals surface area (Å²) in [6, 6.07) is 11.2. The van der Waals surface area contributed by atoms with Gasteiger partial charge in [-0.05, 0) is 29.2 Å². The molecule has 0 aliphatic heterocycles. The zero-order valence-corrected chi connectivity index (χ0v) is 11.6. The van der Waals surface area contributed by atoms with Crippen LogP contribution in [0, 0.1) is 0 Å². The van der Waals surface area contributed by atoms with Crippen LogP contribution < -0.4 is 10.9 Å². The van der Waals surface area contributed by atoms with E-state index in [1.165, 1.54) is 17.8 Å². The summed E-state index contributed by atoms with van der Waals surface area (Å²) in [7, 11) is 0. The molecule has 4 nitrogen and oxygen atoms in total. The Morgan fingerprint density at radius 3 is 2.50 bits per heavy atom. The van der Waals surface area contributed by atoms with Crippen molar-refractivity contribution in [1.82, 2.24) is 10.3 Å². The van der Waals surface area contributed by atoms with E-state index in [-0.39, 0.29) is 17.0 Å². The van der Waals surface area contributed by atoms with Crippen molar-refractivity contribution < 1.29 is 4.79 Å². The second-order valence-electron chi connectivity index (χ2n) is 4.99. The van der Waals surface area contributed by atoms with Gasteiger partial charge < -0.3 is 10.3 Å². The average molecular weight is 270 g/mol. The van der Waals surface area contributed by atoms with E-state index >= 15 is 0 Å². The molecule has 20 heavy (non-hydrogen) atoms. The van der Waals surface area contributed by atoms with Crippen molar-refractivity contribution in [2.24, 2.45) is 0 Å². The molecule has 0 fully saturated rings. The minimum absolute atomic E-state index is 0.131. The quantitative estimate of drug-likeness (QED) is 0.896. The minimum Gasteiger partial charge on any atom is -0.348 e. The van der Waals surface area contributed by atoms with E-state index in [2.05, 4.69) is 36.3 Å². The smallest absolute Gasteiger partial charge is 0.260 e. The number of H-pyrrole nitrogens is 1. The lowest BCUT2D eigenvalue weighted by molar-refractivity contribution is 0.0949. The summed E-state index contributed by atoms with van der Waals surface area (Å²) in [5.74, 6) is 0.126. The fourth-order valence-corrected chi connectivity index (χ4v) is 1.90. The standard InChI is InChI=1S/C16H18N2O2/c1-11(2)13-7-5-12(6-8-13)10-18-16(20)14-4-3-9-17-15(14)19/h3-9,11H,10H2,1-2H3,(H,17,19)(H,18,20). The van der Waals surface area contributed by atoms with E-state index in [0.717, 1.165) is 5.56 Å². The first-order valence-electron chi connectivity index (χ1n) is 6.62. The van der Waals surface area contributed by atoms with E-state index in [9.17, 15) is 9.59 Å². The van der Waals surface area contributed by atoms with Gasteiger partial charge in [-0.2, -0.15) is 0 Å². The number of nitrogens with one attached hydrogen (secondary N) is 2. The predicted molar refractivity (Wildman–Crippen MR) is 78.8 cm³/mol. The van der Waals surface area contributed by atoms with E-state index < -0.39 is 0 Å². The molecule has 0 radical (unpaired) electrons. The van der Waals surface area contributed by atoms with Gasteiger partial charge in [-0.25, -0.2) is 0 Å². The first kappa shape index (κ1) is 14.1. The number of amides is 1. The van der Waals surface area contributed by atoms with Gasteiger partial charge in [0, 0.05) is 12.7 Å².